The first-order chi connectivity index (χ1) is 9.15. The molecule has 6 nitrogen and oxygen atoms in total. The Hall–Kier alpha value is -1.40. The van der Waals surface area contributed by atoms with E-state index >= 15 is 0 Å². The fourth-order valence-electron chi connectivity index (χ4n) is 2.58. The van der Waals surface area contributed by atoms with Crippen LogP contribution in [0.4, 0.5) is 11.6 Å². The molecule has 0 spiro atoms. The summed E-state index contributed by atoms with van der Waals surface area (Å²) in [5.41, 5.74) is 1.83. The van der Waals surface area contributed by atoms with E-state index in [1.165, 1.54) is 6.42 Å². The number of anilines is 2. The van der Waals surface area contributed by atoms with Crippen molar-refractivity contribution in [2.45, 2.75) is 44.6 Å². The van der Waals surface area contributed by atoms with Crippen molar-refractivity contribution in [2.75, 3.05) is 17.3 Å². The molecule has 0 atom stereocenters. The topological polar surface area (TPSA) is 96.1 Å². The standard InChI is InChI=1S/C13H23N5O/c1-2-10-3-5-13(19,6-4-10)9-16-11-7-15-8-12(17-11)18-14/h7-8,10,19H,2-6,9,14H2,1H3,(H2,16,17,18). The van der Waals surface area contributed by atoms with Crippen LogP contribution in [0.3, 0.4) is 0 Å². The molecule has 1 aromatic heterocycles. The minimum Gasteiger partial charge on any atom is -0.388 e. The summed E-state index contributed by atoms with van der Waals surface area (Å²) in [6.45, 7) is 2.72. The third-order valence-electron chi connectivity index (χ3n) is 3.99. The number of aliphatic hydroxyl groups is 1. The first kappa shape index (κ1) is 14.0. The zero-order valence-corrected chi connectivity index (χ0v) is 11.4. The van der Waals surface area contributed by atoms with Crippen LogP contribution in [0.5, 0.6) is 0 Å². The van der Waals surface area contributed by atoms with Crippen LogP contribution in [0.2, 0.25) is 0 Å². The molecule has 1 aromatic rings. The van der Waals surface area contributed by atoms with Crippen molar-refractivity contribution in [1.82, 2.24) is 9.97 Å². The molecule has 1 saturated carbocycles. The fraction of sp³-hybridized carbons (Fsp3) is 0.692. The van der Waals surface area contributed by atoms with E-state index in [-0.39, 0.29) is 0 Å². The molecule has 2 rings (SSSR count). The summed E-state index contributed by atoms with van der Waals surface area (Å²) in [5, 5.41) is 13.7. The van der Waals surface area contributed by atoms with Gasteiger partial charge in [-0.3, -0.25) is 4.98 Å². The van der Waals surface area contributed by atoms with Gasteiger partial charge in [-0.1, -0.05) is 13.3 Å². The van der Waals surface area contributed by atoms with Crippen molar-refractivity contribution in [1.29, 1.82) is 0 Å². The number of nitrogen functional groups attached to an aromatic ring is 1. The highest BCUT2D eigenvalue weighted by Gasteiger charge is 2.32. The molecule has 19 heavy (non-hydrogen) atoms. The van der Waals surface area contributed by atoms with Crippen molar-refractivity contribution in [3.63, 3.8) is 0 Å². The summed E-state index contributed by atoms with van der Waals surface area (Å²) in [4.78, 5) is 8.24. The van der Waals surface area contributed by atoms with E-state index in [2.05, 4.69) is 27.6 Å². The zero-order valence-electron chi connectivity index (χ0n) is 11.4. The SMILES string of the molecule is CCC1CCC(O)(CNc2cncc(NN)n2)CC1. The summed E-state index contributed by atoms with van der Waals surface area (Å²) in [6, 6.07) is 0. The van der Waals surface area contributed by atoms with Crippen molar-refractivity contribution in [3.8, 4) is 0 Å². The van der Waals surface area contributed by atoms with E-state index in [9.17, 15) is 5.11 Å². The maximum atomic E-state index is 10.5. The summed E-state index contributed by atoms with van der Waals surface area (Å²) in [7, 11) is 0. The summed E-state index contributed by atoms with van der Waals surface area (Å²) in [5.74, 6) is 7.19. The van der Waals surface area contributed by atoms with Gasteiger partial charge in [0, 0.05) is 6.54 Å². The van der Waals surface area contributed by atoms with Crippen LogP contribution in [-0.2, 0) is 0 Å². The average Bonchev–Trinajstić information content (AvgIpc) is 2.46. The molecule has 0 amide bonds. The normalized spacial score (nSPS) is 27.0. The first-order valence-corrected chi connectivity index (χ1v) is 6.90. The number of hydrogen-bond acceptors (Lipinski definition) is 6. The van der Waals surface area contributed by atoms with Gasteiger partial charge in [-0.05, 0) is 31.6 Å². The van der Waals surface area contributed by atoms with E-state index in [4.69, 9.17) is 5.84 Å². The lowest BCUT2D eigenvalue weighted by molar-refractivity contribution is 0.00223. The monoisotopic (exact) mass is 265 g/mol. The van der Waals surface area contributed by atoms with Gasteiger partial charge in [0.15, 0.2) is 5.82 Å². The van der Waals surface area contributed by atoms with Gasteiger partial charge in [-0.15, -0.1) is 0 Å². The molecule has 0 aliphatic heterocycles. The molecular formula is C13H23N5O. The Balaban J connectivity index is 1.87. The highest BCUT2D eigenvalue weighted by molar-refractivity contribution is 5.40. The Morgan fingerprint density at radius 3 is 2.68 bits per heavy atom. The molecular weight excluding hydrogens is 242 g/mol. The Morgan fingerprint density at radius 2 is 2.05 bits per heavy atom. The molecule has 0 aromatic carbocycles. The summed E-state index contributed by atoms with van der Waals surface area (Å²) < 4.78 is 0. The van der Waals surface area contributed by atoms with Crippen molar-refractivity contribution in [2.24, 2.45) is 11.8 Å². The summed E-state index contributed by atoms with van der Waals surface area (Å²) in [6.07, 6.45) is 8.28. The smallest absolute Gasteiger partial charge is 0.160 e. The quantitative estimate of drug-likeness (QED) is 0.476. The second-order valence-corrected chi connectivity index (χ2v) is 5.36. The Labute approximate surface area is 113 Å². The molecule has 1 aliphatic rings. The van der Waals surface area contributed by atoms with Crippen LogP contribution in [0, 0.1) is 5.92 Å². The van der Waals surface area contributed by atoms with Gasteiger partial charge in [0.25, 0.3) is 0 Å². The van der Waals surface area contributed by atoms with E-state index < -0.39 is 5.60 Å². The highest BCUT2D eigenvalue weighted by atomic mass is 16.3. The number of hydrazine groups is 1. The van der Waals surface area contributed by atoms with Gasteiger partial charge >= 0.3 is 0 Å². The minimum absolute atomic E-state index is 0.506. The molecule has 6 heteroatoms. The number of rotatable bonds is 5. The van der Waals surface area contributed by atoms with E-state index in [1.54, 1.807) is 12.4 Å². The van der Waals surface area contributed by atoms with Crippen LogP contribution in [-0.4, -0.2) is 27.2 Å². The van der Waals surface area contributed by atoms with Gasteiger partial charge < -0.3 is 15.8 Å². The fourth-order valence-corrected chi connectivity index (χ4v) is 2.58. The lowest BCUT2D eigenvalue weighted by atomic mass is 9.78. The molecule has 0 unspecified atom stereocenters. The van der Waals surface area contributed by atoms with Crippen molar-refractivity contribution < 1.29 is 5.11 Å². The predicted octanol–water partition coefficient (Wildman–Crippen LogP) is 1.51. The van der Waals surface area contributed by atoms with Crippen LogP contribution in [0.1, 0.15) is 39.0 Å². The lowest BCUT2D eigenvalue weighted by Gasteiger charge is -2.36. The third-order valence-corrected chi connectivity index (χ3v) is 3.99. The maximum Gasteiger partial charge on any atom is 0.160 e. The number of nitrogens with zero attached hydrogens (tertiary/aromatic N) is 2. The largest absolute Gasteiger partial charge is 0.388 e. The predicted molar refractivity (Wildman–Crippen MR) is 75.5 cm³/mol. The second-order valence-electron chi connectivity index (χ2n) is 5.36. The zero-order chi connectivity index (χ0) is 13.7. The number of aromatic nitrogens is 2. The van der Waals surface area contributed by atoms with Crippen LogP contribution >= 0.6 is 0 Å². The molecule has 106 valence electrons. The summed E-state index contributed by atoms with van der Waals surface area (Å²) >= 11 is 0. The Morgan fingerprint density at radius 1 is 1.37 bits per heavy atom. The second kappa shape index (κ2) is 6.16. The number of hydrogen-bond donors (Lipinski definition) is 4. The Kier molecular flexibility index (Phi) is 4.55. The highest BCUT2D eigenvalue weighted by Crippen LogP contribution is 2.33. The van der Waals surface area contributed by atoms with Crippen molar-refractivity contribution >= 4 is 11.6 Å². The van der Waals surface area contributed by atoms with Gasteiger partial charge in [0.05, 0.1) is 18.0 Å². The van der Waals surface area contributed by atoms with E-state index in [0.717, 1.165) is 31.6 Å². The van der Waals surface area contributed by atoms with E-state index in [1.807, 2.05) is 0 Å². The average molecular weight is 265 g/mol. The first-order valence-electron chi connectivity index (χ1n) is 6.90. The van der Waals surface area contributed by atoms with Crippen molar-refractivity contribution in [3.05, 3.63) is 12.4 Å². The van der Waals surface area contributed by atoms with Gasteiger partial charge in [0.2, 0.25) is 0 Å². The minimum atomic E-state index is -0.625. The number of nitrogens with two attached hydrogens (primary N) is 1. The molecule has 0 bridgehead atoms. The van der Waals surface area contributed by atoms with Crippen LogP contribution in [0.25, 0.3) is 0 Å². The number of nitrogens with one attached hydrogen (secondary N) is 2. The molecule has 5 N–H and O–H groups in total. The Bertz CT molecular complexity index is 404. The van der Waals surface area contributed by atoms with Gasteiger partial charge in [-0.25, -0.2) is 10.8 Å². The lowest BCUT2D eigenvalue weighted by Crippen LogP contribution is -2.40. The molecule has 1 fully saturated rings. The van der Waals surface area contributed by atoms with Crippen LogP contribution < -0.4 is 16.6 Å². The molecule has 1 heterocycles. The molecule has 0 radical (unpaired) electrons. The molecule has 1 aliphatic carbocycles. The van der Waals surface area contributed by atoms with Gasteiger partial charge in [-0.2, -0.15) is 0 Å². The van der Waals surface area contributed by atoms with Crippen LogP contribution in [0.15, 0.2) is 12.4 Å². The maximum absolute atomic E-state index is 10.5. The molecule has 0 saturated heterocycles. The van der Waals surface area contributed by atoms with Gasteiger partial charge in [0.1, 0.15) is 5.82 Å². The van der Waals surface area contributed by atoms with E-state index in [0.29, 0.717) is 18.2 Å². The third kappa shape index (κ3) is 3.78.